The highest BCUT2D eigenvalue weighted by molar-refractivity contribution is 7.85. The summed E-state index contributed by atoms with van der Waals surface area (Å²) in [6, 6.07) is 9.52. The number of aromatic nitrogens is 2. The van der Waals surface area contributed by atoms with Gasteiger partial charge < -0.3 is 4.42 Å². The van der Waals surface area contributed by atoms with E-state index in [0.29, 0.717) is 0 Å². The molecule has 0 saturated heterocycles. The van der Waals surface area contributed by atoms with E-state index in [9.17, 15) is 21.8 Å². The van der Waals surface area contributed by atoms with E-state index in [4.69, 9.17) is 4.42 Å². The molecule has 1 atom stereocenters. The molecule has 0 aliphatic heterocycles. The lowest BCUT2D eigenvalue weighted by molar-refractivity contribution is 0.116. The molecular formula is C17H13F4N3O2S. The minimum atomic E-state index is -2.93. The van der Waals surface area contributed by atoms with Crippen LogP contribution in [-0.4, -0.2) is 20.7 Å². The first kappa shape index (κ1) is 19.0. The number of hydrogen-bond acceptors (Lipinski definition) is 4. The Hall–Kier alpha value is -2.75. The van der Waals surface area contributed by atoms with E-state index >= 15 is 0 Å². The summed E-state index contributed by atoms with van der Waals surface area (Å²) in [6.07, 6.45) is -1.58. The third kappa shape index (κ3) is 4.16. The molecule has 1 aromatic heterocycles. The number of rotatable bonds is 6. The van der Waals surface area contributed by atoms with Crippen LogP contribution in [0.2, 0.25) is 0 Å². The van der Waals surface area contributed by atoms with Crippen molar-refractivity contribution in [3.8, 4) is 11.5 Å². The molecule has 0 amide bonds. The van der Waals surface area contributed by atoms with Crippen molar-refractivity contribution < 1.29 is 26.2 Å². The maximum absolute atomic E-state index is 14.5. The van der Waals surface area contributed by atoms with E-state index in [1.165, 1.54) is 40.9 Å². The first-order valence-corrected chi connectivity index (χ1v) is 9.14. The van der Waals surface area contributed by atoms with Crippen LogP contribution in [0.1, 0.15) is 17.9 Å². The average Bonchev–Trinajstić information content (AvgIpc) is 3.12. The number of halogens is 4. The fourth-order valence-corrected chi connectivity index (χ4v) is 3.12. The molecule has 5 nitrogen and oxygen atoms in total. The van der Waals surface area contributed by atoms with E-state index < -0.39 is 34.9 Å². The van der Waals surface area contributed by atoms with Gasteiger partial charge in [0.25, 0.3) is 5.89 Å². The molecule has 0 fully saturated rings. The Balaban J connectivity index is 1.88. The number of para-hydroxylation sites is 1. The van der Waals surface area contributed by atoms with Crippen molar-refractivity contribution in [3.05, 3.63) is 65.6 Å². The van der Waals surface area contributed by atoms with Crippen molar-refractivity contribution in [3.63, 3.8) is 0 Å². The Morgan fingerprint density at radius 3 is 2.44 bits per heavy atom. The zero-order chi connectivity index (χ0) is 19.6. The maximum Gasteiger partial charge on any atom is 0.314 e. The SMILES string of the molecule is CS(=O)N(Cc1ccc(-c2nnc(C(F)F)o2)cc1F)c1ccccc1F. The Morgan fingerprint density at radius 2 is 1.85 bits per heavy atom. The molecule has 27 heavy (non-hydrogen) atoms. The molecular weight excluding hydrogens is 386 g/mol. The molecule has 10 heteroatoms. The lowest BCUT2D eigenvalue weighted by Crippen LogP contribution is -2.25. The highest BCUT2D eigenvalue weighted by atomic mass is 32.2. The fraction of sp³-hybridized carbons (Fsp3) is 0.176. The van der Waals surface area contributed by atoms with Crippen molar-refractivity contribution in [1.29, 1.82) is 0 Å². The summed E-state index contributed by atoms with van der Waals surface area (Å²) < 4.78 is 71.5. The smallest absolute Gasteiger partial charge is 0.314 e. The zero-order valence-electron chi connectivity index (χ0n) is 13.9. The molecule has 1 heterocycles. The minimum Gasteiger partial charge on any atom is -0.415 e. The topological polar surface area (TPSA) is 59.2 Å². The number of benzene rings is 2. The van der Waals surface area contributed by atoms with Crippen LogP contribution in [0.5, 0.6) is 0 Å². The molecule has 0 N–H and O–H groups in total. The molecule has 0 saturated carbocycles. The van der Waals surface area contributed by atoms with Gasteiger partial charge in [-0.05, 0) is 24.3 Å². The van der Waals surface area contributed by atoms with Gasteiger partial charge in [-0.1, -0.05) is 18.2 Å². The summed E-state index contributed by atoms with van der Waals surface area (Å²) in [4.78, 5) is 0. The third-order valence-corrected chi connectivity index (χ3v) is 4.62. The molecule has 0 radical (unpaired) electrons. The predicted octanol–water partition coefficient (Wildman–Crippen LogP) is 4.25. The van der Waals surface area contributed by atoms with E-state index in [-0.39, 0.29) is 29.2 Å². The van der Waals surface area contributed by atoms with Crippen molar-refractivity contribution in [1.82, 2.24) is 10.2 Å². The number of nitrogens with zero attached hydrogens (tertiary/aromatic N) is 3. The van der Waals surface area contributed by atoms with E-state index in [0.717, 1.165) is 6.07 Å². The first-order chi connectivity index (χ1) is 12.9. The van der Waals surface area contributed by atoms with Crippen LogP contribution in [0.25, 0.3) is 11.5 Å². The summed E-state index contributed by atoms with van der Waals surface area (Å²) in [7, 11) is -1.61. The van der Waals surface area contributed by atoms with E-state index in [1.54, 1.807) is 6.07 Å². The van der Waals surface area contributed by atoms with Crippen LogP contribution in [-0.2, 0) is 17.5 Å². The van der Waals surface area contributed by atoms with Gasteiger partial charge in [0.05, 0.1) is 12.2 Å². The van der Waals surface area contributed by atoms with Crippen molar-refractivity contribution in [2.45, 2.75) is 13.0 Å². The highest BCUT2D eigenvalue weighted by Gasteiger charge is 2.20. The van der Waals surface area contributed by atoms with Crippen molar-refractivity contribution in [2.24, 2.45) is 0 Å². The Labute approximate surface area is 154 Å². The molecule has 3 rings (SSSR count). The lowest BCUT2D eigenvalue weighted by atomic mass is 10.1. The number of alkyl halides is 2. The largest absolute Gasteiger partial charge is 0.415 e. The second-order valence-electron chi connectivity index (χ2n) is 5.46. The van der Waals surface area contributed by atoms with E-state index in [2.05, 4.69) is 10.2 Å². The Kier molecular flexibility index (Phi) is 5.54. The fourth-order valence-electron chi connectivity index (χ4n) is 2.37. The number of hydrogen-bond donors (Lipinski definition) is 0. The second-order valence-corrected chi connectivity index (χ2v) is 6.75. The monoisotopic (exact) mass is 399 g/mol. The molecule has 3 aromatic rings. The number of anilines is 1. The zero-order valence-corrected chi connectivity index (χ0v) is 14.7. The maximum atomic E-state index is 14.5. The Bertz CT molecular complexity index is 980. The quantitative estimate of drug-likeness (QED) is 0.582. The van der Waals surface area contributed by atoms with Crippen LogP contribution < -0.4 is 4.31 Å². The van der Waals surface area contributed by atoms with Gasteiger partial charge in [-0.2, -0.15) is 8.78 Å². The molecule has 0 bridgehead atoms. The summed E-state index contributed by atoms with van der Waals surface area (Å²) >= 11 is 0. The van der Waals surface area contributed by atoms with Gasteiger partial charge in [0, 0.05) is 17.4 Å². The Morgan fingerprint density at radius 1 is 1.11 bits per heavy atom. The van der Waals surface area contributed by atoms with Gasteiger partial charge in [0.2, 0.25) is 5.89 Å². The summed E-state index contributed by atoms with van der Waals surface area (Å²) in [5.41, 5.74) is 0.316. The summed E-state index contributed by atoms with van der Waals surface area (Å²) in [5, 5.41) is 6.64. The van der Waals surface area contributed by atoms with Gasteiger partial charge in [0.1, 0.15) is 22.6 Å². The molecule has 0 spiro atoms. The molecule has 1 unspecified atom stereocenters. The standard InChI is InChI=1S/C17H13F4N3O2S/c1-27(25)24(14-5-3-2-4-12(14)18)9-11-7-6-10(8-13(11)19)16-22-23-17(26-16)15(20)21/h2-8,15H,9H2,1H3. The van der Waals surface area contributed by atoms with Crippen molar-refractivity contribution >= 4 is 16.7 Å². The van der Waals surface area contributed by atoms with Crippen molar-refractivity contribution in [2.75, 3.05) is 10.6 Å². The van der Waals surface area contributed by atoms with Gasteiger partial charge in [-0.3, -0.25) is 4.31 Å². The predicted molar refractivity (Wildman–Crippen MR) is 91.3 cm³/mol. The third-order valence-electron chi connectivity index (χ3n) is 3.67. The lowest BCUT2D eigenvalue weighted by Gasteiger charge is -2.22. The van der Waals surface area contributed by atoms with Crippen LogP contribution in [0.4, 0.5) is 23.2 Å². The molecule has 142 valence electrons. The van der Waals surface area contributed by atoms with Gasteiger partial charge in [-0.25, -0.2) is 13.0 Å². The summed E-state index contributed by atoms with van der Waals surface area (Å²) in [5.74, 6) is -2.41. The van der Waals surface area contributed by atoms with Crippen LogP contribution in [0.15, 0.2) is 46.9 Å². The first-order valence-electron chi connectivity index (χ1n) is 7.62. The molecule has 0 aliphatic carbocycles. The second kappa shape index (κ2) is 7.87. The van der Waals surface area contributed by atoms with E-state index in [1.807, 2.05) is 0 Å². The van der Waals surface area contributed by atoms with Gasteiger partial charge >= 0.3 is 6.43 Å². The molecule has 2 aromatic carbocycles. The van der Waals surface area contributed by atoms with Gasteiger partial charge in [0.15, 0.2) is 0 Å². The van der Waals surface area contributed by atoms with Crippen LogP contribution in [0, 0.1) is 11.6 Å². The molecule has 0 aliphatic rings. The summed E-state index contributed by atoms with van der Waals surface area (Å²) in [6.45, 7) is -0.164. The highest BCUT2D eigenvalue weighted by Crippen LogP contribution is 2.27. The average molecular weight is 399 g/mol. The van der Waals surface area contributed by atoms with Gasteiger partial charge in [-0.15, -0.1) is 10.2 Å². The normalized spacial score (nSPS) is 12.4. The van der Waals surface area contributed by atoms with Crippen LogP contribution >= 0.6 is 0 Å². The minimum absolute atomic E-state index is 0.0697. The van der Waals surface area contributed by atoms with Crippen LogP contribution in [0.3, 0.4) is 0 Å².